The van der Waals surface area contributed by atoms with E-state index >= 15 is 0 Å². The second kappa shape index (κ2) is 9.50. The number of aliphatic imine (C=N–C) groups is 1. The number of nitrogens with zero attached hydrogens (tertiary/aromatic N) is 2. The molecule has 0 aromatic heterocycles. The van der Waals surface area contributed by atoms with Crippen LogP contribution in [0.1, 0.15) is 32.6 Å². The summed E-state index contributed by atoms with van der Waals surface area (Å²) in [5.74, 6) is 1.35. The van der Waals surface area contributed by atoms with Gasteiger partial charge in [-0.15, -0.1) is 11.8 Å². The van der Waals surface area contributed by atoms with Crippen molar-refractivity contribution in [2.45, 2.75) is 42.2 Å². The molecule has 0 bridgehead atoms. The number of thioether (sulfide) groups is 1. The minimum atomic E-state index is -3.06. The third kappa shape index (κ3) is 6.39. The summed E-state index contributed by atoms with van der Waals surface area (Å²) in [6.45, 7) is 5.80. The van der Waals surface area contributed by atoms with Gasteiger partial charge in [0, 0.05) is 35.8 Å². The molecular weight excluding hydrogens is 392 g/mol. The fourth-order valence-corrected chi connectivity index (χ4v) is 5.52. The molecule has 8 heteroatoms. The Morgan fingerprint density at radius 2 is 1.89 bits per heavy atom. The second-order valence-corrected chi connectivity index (χ2v) is 11.3. The average Bonchev–Trinajstić information content (AvgIpc) is 3.44. The van der Waals surface area contributed by atoms with Gasteiger partial charge in [0.05, 0.1) is 12.8 Å². The highest BCUT2D eigenvalue weighted by atomic mass is 32.2. The van der Waals surface area contributed by atoms with Crippen LogP contribution in [0.15, 0.2) is 40.2 Å². The van der Waals surface area contributed by atoms with Gasteiger partial charge in [-0.05, 0) is 50.7 Å². The van der Waals surface area contributed by atoms with Crippen LogP contribution in [-0.2, 0) is 10.0 Å². The second-order valence-electron chi connectivity index (χ2n) is 7.78. The Labute approximate surface area is 173 Å². The smallest absolute Gasteiger partial charge is 0.211 e. The van der Waals surface area contributed by atoms with Crippen molar-refractivity contribution in [2.24, 2.45) is 10.9 Å². The zero-order valence-corrected chi connectivity index (χ0v) is 18.5. The normalized spacial score (nSPS) is 20.7. The van der Waals surface area contributed by atoms with Crippen LogP contribution in [0.5, 0.6) is 0 Å². The lowest BCUT2D eigenvalue weighted by Gasteiger charge is -2.30. The number of piperidine rings is 1. The Morgan fingerprint density at radius 1 is 1.21 bits per heavy atom. The van der Waals surface area contributed by atoms with Crippen molar-refractivity contribution >= 4 is 27.7 Å². The Morgan fingerprint density at radius 3 is 2.46 bits per heavy atom. The molecule has 6 nitrogen and oxygen atoms in total. The summed E-state index contributed by atoms with van der Waals surface area (Å²) in [6, 6.07) is 10.6. The van der Waals surface area contributed by atoms with Gasteiger partial charge in [0.1, 0.15) is 0 Å². The molecule has 0 radical (unpaired) electrons. The van der Waals surface area contributed by atoms with Crippen molar-refractivity contribution in [1.82, 2.24) is 14.9 Å². The Balaban J connectivity index is 1.48. The van der Waals surface area contributed by atoms with Crippen LogP contribution in [0.3, 0.4) is 0 Å². The average molecular weight is 425 g/mol. The van der Waals surface area contributed by atoms with Crippen LogP contribution >= 0.6 is 11.8 Å². The summed E-state index contributed by atoms with van der Waals surface area (Å²) >= 11 is 1.94. The maximum Gasteiger partial charge on any atom is 0.211 e. The first-order valence-corrected chi connectivity index (χ1v) is 12.8. The molecule has 1 saturated carbocycles. The number of hydrogen-bond acceptors (Lipinski definition) is 4. The summed E-state index contributed by atoms with van der Waals surface area (Å²) in [5, 5.41) is 6.81. The Bertz CT molecular complexity index is 756. The van der Waals surface area contributed by atoms with Crippen LogP contribution < -0.4 is 10.6 Å². The van der Waals surface area contributed by atoms with E-state index in [4.69, 9.17) is 4.99 Å². The molecule has 156 valence electrons. The topological polar surface area (TPSA) is 73.8 Å². The van der Waals surface area contributed by atoms with E-state index in [-0.39, 0.29) is 4.75 Å². The SMILES string of the molecule is CCNC(=NCC1(Sc2ccccc2)CC1)NCC1CCN(S(C)(=O)=O)CC1. The molecule has 0 unspecified atom stereocenters. The molecule has 1 aliphatic carbocycles. The van der Waals surface area contributed by atoms with Crippen LogP contribution in [0.2, 0.25) is 0 Å². The Hall–Kier alpha value is -1.25. The van der Waals surface area contributed by atoms with Crippen LogP contribution in [0.4, 0.5) is 0 Å². The van der Waals surface area contributed by atoms with E-state index in [1.165, 1.54) is 24.0 Å². The summed E-state index contributed by atoms with van der Waals surface area (Å²) in [5.41, 5.74) is 0. The highest BCUT2D eigenvalue weighted by Crippen LogP contribution is 2.51. The first-order chi connectivity index (χ1) is 13.4. The number of benzene rings is 1. The van der Waals surface area contributed by atoms with Crippen LogP contribution in [0.25, 0.3) is 0 Å². The van der Waals surface area contributed by atoms with Gasteiger partial charge in [0.25, 0.3) is 0 Å². The number of rotatable bonds is 8. The van der Waals surface area contributed by atoms with Gasteiger partial charge in [0.15, 0.2) is 5.96 Å². The number of sulfonamides is 1. The minimum absolute atomic E-state index is 0.241. The van der Waals surface area contributed by atoms with E-state index in [9.17, 15) is 8.42 Å². The van der Waals surface area contributed by atoms with Crippen molar-refractivity contribution in [3.8, 4) is 0 Å². The molecule has 2 N–H and O–H groups in total. The van der Waals surface area contributed by atoms with E-state index in [2.05, 4.69) is 47.9 Å². The van der Waals surface area contributed by atoms with Gasteiger partial charge >= 0.3 is 0 Å². The van der Waals surface area contributed by atoms with E-state index in [0.717, 1.165) is 38.4 Å². The largest absolute Gasteiger partial charge is 0.357 e. The molecular formula is C20H32N4O2S2. The molecule has 0 atom stereocenters. The summed E-state index contributed by atoms with van der Waals surface area (Å²) < 4.78 is 25.1. The van der Waals surface area contributed by atoms with Crippen molar-refractivity contribution in [1.29, 1.82) is 0 Å². The van der Waals surface area contributed by atoms with Gasteiger partial charge in [-0.2, -0.15) is 0 Å². The standard InChI is InChI=1S/C20H32N4O2S2/c1-3-21-19(22-15-17-9-13-24(14-10-17)28(2,25)26)23-16-20(11-12-20)27-18-7-5-4-6-8-18/h4-8,17H,3,9-16H2,1-2H3,(H2,21,22,23). The zero-order valence-electron chi connectivity index (χ0n) is 16.9. The summed E-state index contributed by atoms with van der Waals surface area (Å²) in [7, 11) is -3.06. The molecule has 1 aliphatic heterocycles. The predicted molar refractivity (Wildman–Crippen MR) is 117 cm³/mol. The fraction of sp³-hybridized carbons (Fsp3) is 0.650. The van der Waals surface area contributed by atoms with Gasteiger partial charge < -0.3 is 10.6 Å². The molecule has 2 fully saturated rings. The highest BCUT2D eigenvalue weighted by molar-refractivity contribution is 8.01. The molecule has 2 aliphatic rings. The molecule has 1 aromatic rings. The third-order valence-corrected chi connectivity index (χ3v) is 8.14. The van der Waals surface area contributed by atoms with Crippen molar-refractivity contribution in [3.63, 3.8) is 0 Å². The van der Waals surface area contributed by atoms with Crippen LogP contribution in [0, 0.1) is 5.92 Å². The lowest BCUT2D eigenvalue weighted by atomic mass is 9.98. The summed E-state index contributed by atoms with van der Waals surface area (Å²) in [4.78, 5) is 6.16. The molecule has 3 rings (SSSR count). The van der Waals surface area contributed by atoms with Crippen molar-refractivity contribution in [2.75, 3.05) is 39.0 Å². The Kier molecular flexibility index (Phi) is 7.28. The van der Waals surface area contributed by atoms with Crippen molar-refractivity contribution in [3.05, 3.63) is 30.3 Å². The molecule has 1 aromatic carbocycles. The first kappa shape index (κ1) is 21.5. The van der Waals surface area contributed by atoms with Gasteiger partial charge in [-0.1, -0.05) is 18.2 Å². The van der Waals surface area contributed by atoms with E-state index in [1.807, 2.05) is 11.8 Å². The molecule has 0 spiro atoms. The minimum Gasteiger partial charge on any atom is -0.357 e. The monoisotopic (exact) mass is 424 g/mol. The van der Waals surface area contributed by atoms with Gasteiger partial charge in [0.2, 0.25) is 10.0 Å². The highest BCUT2D eigenvalue weighted by Gasteiger charge is 2.43. The zero-order chi connectivity index (χ0) is 20.0. The number of guanidine groups is 1. The molecule has 0 amide bonds. The van der Waals surface area contributed by atoms with Crippen molar-refractivity contribution < 1.29 is 8.42 Å². The van der Waals surface area contributed by atoms with E-state index in [1.54, 1.807) is 4.31 Å². The van der Waals surface area contributed by atoms with E-state index < -0.39 is 10.0 Å². The van der Waals surface area contributed by atoms with Gasteiger partial charge in [-0.3, -0.25) is 4.99 Å². The fourth-order valence-electron chi connectivity index (χ4n) is 3.42. The maximum absolute atomic E-state index is 11.6. The number of nitrogens with one attached hydrogen (secondary N) is 2. The number of hydrogen-bond donors (Lipinski definition) is 2. The quantitative estimate of drug-likeness (QED) is 0.496. The molecule has 1 saturated heterocycles. The van der Waals surface area contributed by atoms with Crippen LogP contribution in [-0.4, -0.2) is 62.4 Å². The predicted octanol–water partition coefficient (Wildman–Crippen LogP) is 2.54. The summed E-state index contributed by atoms with van der Waals surface area (Å²) in [6.07, 6.45) is 5.50. The maximum atomic E-state index is 11.6. The van der Waals surface area contributed by atoms with Gasteiger partial charge in [-0.25, -0.2) is 12.7 Å². The lowest BCUT2D eigenvalue weighted by Crippen LogP contribution is -2.44. The third-order valence-electron chi connectivity index (χ3n) is 5.36. The lowest BCUT2D eigenvalue weighted by molar-refractivity contribution is 0.275. The molecule has 1 heterocycles. The molecule has 28 heavy (non-hydrogen) atoms. The first-order valence-electron chi connectivity index (χ1n) is 10.1. The van der Waals surface area contributed by atoms with E-state index in [0.29, 0.717) is 19.0 Å².